The summed E-state index contributed by atoms with van der Waals surface area (Å²) in [5.41, 5.74) is 4.95. The van der Waals surface area contributed by atoms with Crippen molar-refractivity contribution in [2.24, 2.45) is 0 Å². The highest BCUT2D eigenvalue weighted by atomic mass is 32.1. The van der Waals surface area contributed by atoms with Crippen molar-refractivity contribution in [3.8, 4) is 55.7 Å². The minimum absolute atomic E-state index is 0.568. The summed E-state index contributed by atoms with van der Waals surface area (Å²) in [5, 5.41) is 28.4. The van der Waals surface area contributed by atoms with Crippen molar-refractivity contribution >= 4 is 32.6 Å². The highest BCUT2D eigenvalue weighted by Crippen LogP contribution is 2.35. The molecule has 14 nitrogen and oxygen atoms in total. The maximum absolute atomic E-state index is 5.71. The van der Waals surface area contributed by atoms with Crippen molar-refractivity contribution in [1.82, 2.24) is 59.6 Å². The van der Waals surface area contributed by atoms with Gasteiger partial charge in [0.25, 0.3) is 0 Å². The topological polar surface area (TPSA) is 156 Å². The average molecular weight is 633 g/mol. The van der Waals surface area contributed by atoms with Gasteiger partial charge in [-0.3, -0.25) is 19.9 Å². The van der Waals surface area contributed by atoms with Gasteiger partial charge >= 0.3 is 0 Å². The van der Waals surface area contributed by atoms with Crippen LogP contribution in [0.15, 0.2) is 73.6 Å². The third-order valence-corrected chi connectivity index (χ3v) is 8.81. The van der Waals surface area contributed by atoms with Crippen LogP contribution in [0.2, 0.25) is 0 Å². The predicted octanol–water partition coefficient (Wildman–Crippen LogP) is 4.54. The van der Waals surface area contributed by atoms with Gasteiger partial charge < -0.3 is 9.47 Å². The molecule has 0 radical (unpaired) electrons. The fourth-order valence-electron chi connectivity index (χ4n) is 4.91. The van der Waals surface area contributed by atoms with Crippen molar-refractivity contribution in [1.29, 1.82) is 0 Å². The monoisotopic (exact) mass is 632 g/mol. The molecule has 0 saturated heterocycles. The molecule has 6 heterocycles. The van der Waals surface area contributed by atoms with E-state index in [0.29, 0.717) is 60.9 Å². The Morgan fingerprint density at radius 1 is 0.622 bits per heavy atom. The molecule has 0 aliphatic heterocycles. The van der Waals surface area contributed by atoms with Crippen molar-refractivity contribution < 1.29 is 9.47 Å². The lowest BCUT2D eigenvalue weighted by atomic mass is 9.99. The van der Waals surface area contributed by atoms with E-state index in [2.05, 4.69) is 40.3 Å². The largest absolute Gasteiger partial charge is 0.496 e. The van der Waals surface area contributed by atoms with Crippen LogP contribution in [0.3, 0.4) is 0 Å². The second-order valence-corrected chi connectivity index (χ2v) is 11.6. The lowest BCUT2D eigenvalue weighted by Crippen LogP contribution is -1.99. The quantitative estimate of drug-likeness (QED) is 0.231. The number of methoxy groups -OCH3 is 2. The number of fused-ring (bicyclic) bond motifs is 2. The second-order valence-electron chi connectivity index (χ2n) is 9.68. The molecule has 0 aliphatic rings. The smallest absolute Gasteiger partial charge is 0.235 e. The highest BCUT2D eigenvalue weighted by Gasteiger charge is 2.21. The standard InChI is InChI=1S/C29H20N12O2S2/c1-42-22-5-3-16(12-18(22)24-34-36-28-40(24)38-26(44-28)20-14-30-7-9-32-20)11-17-4-6-23(43-2)19(13-17)25-35-37-29-41(25)39-27(45-29)21-15-31-8-10-33-21/h3-10,12-15H,11H2,1-2H3. The van der Waals surface area contributed by atoms with E-state index in [0.717, 1.165) is 22.3 Å². The Morgan fingerprint density at radius 3 is 1.53 bits per heavy atom. The van der Waals surface area contributed by atoms with Gasteiger partial charge in [0, 0.05) is 24.8 Å². The first-order chi connectivity index (χ1) is 22.2. The lowest BCUT2D eigenvalue weighted by Gasteiger charge is -2.11. The fourth-order valence-corrected chi connectivity index (χ4v) is 6.51. The number of nitrogens with zero attached hydrogens (tertiary/aromatic N) is 12. The number of benzene rings is 2. The summed E-state index contributed by atoms with van der Waals surface area (Å²) >= 11 is 2.78. The summed E-state index contributed by atoms with van der Waals surface area (Å²) in [7, 11) is 3.26. The molecule has 0 saturated carbocycles. The van der Waals surface area contributed by atoms with Gasteiger partial charge in [0.2, 0.25) is 9.92 Å². The van der Waals surface area contributed by atoms with Gasteiger partial charge in [0.15, 0.2) is 21.7 Å². The van der Waals surface area contributed by atoms with Crippen LogP contribution in [0.25, 0.3) is 54.1 Å². The normalized spacial score (nSPS) is 11.4. The molecule has 2 aromatic carbocycles. The molecule has 0 aliphatic carbocycles. The molecular formula is C29H20N12O2S2. The molecule has 6 aromatic heterocycles. The molecule has 0 bridgehead atoms. The molecule has 0 atom stereocenters. The first-order valence-corrected chi connectivity index (χ1v) is 15.1. The van der Waals surface area contributed by atoms with Crippen LogP contribution in [-0.4, -0.2) is 73.8 Å². The van der Waals surface area contributed by atoms with Crippen molar-refractivity contribution in [3.63, 3.8) is 0 Å². The molecule has 0 amide bonds. The molecule has 45 heavy (non-hydrogen) atoms. The Morgan fingerprint density at radius 2 is 1.11 bits per heavy atom. The van der Waals surface area contributed by atoms with Gasteiger partial charge in [0.1, 0.15) is 22.9 Å². The van der Waals surface area contributed by atoms with E-state index >= 15 is 0 Å². The van der Waals surface area contributed by atoms with Crippen molar-refractivity contribution in [2.75, 3.05) is 14.2 Å². The molecule has 0 unspecified atom stereocenters. The number of aromatic nitrogens is 12. The Hall–Kier alpha value is -5.74. The van der Waals surface area contributed by atoms with Gasteiger partial charge in [-0.2, -0.15) is 19.2 Å². The van der Waals surface area contributed by atoms with Crippen LogP contribution in [0, 0.1) is 0 Å². The minimum atomic E-state index is 0.568. The number of hydrogen-bond donors (Lipinski definition) is 0. The second kappa shape index (κ2) is 11.1. The molecular weight excluding hydrogens is 613 g/mol. The molecule has 8 aromatic rings. The van der Waals surface area contributed by atoms with E-state index in [-0.39, 0.29) is 0 Å². The lowest BCUT2D eigenvalue weighted by molar-refractivity contribution is 0.416. The summed E-state index contributed by atoms with van der Waals surface area (Å²) in [6.07, 6.45) is 10.5. The Bertz CT molecular complexity index is 2140. The van der Waals surface area contributed by atoms with Crippen LogP contribution in [-0.2, 0) is 6.42 Å². The van der Waals surface area contributed by atoms with E-state index in [4.69, 9.17) is 19.7 Å². The maximum atomic E-state index is 5.71. The minimum Gasteiger partial charge on any atom is -0.496 e. The summed E-state index contributed by atoms with van der Waals surface area (Å²) in [5.74, 6) is 2.45. The highest BCUT2D eigenvalue weighted by molar-refractivity contribution is 7.20. The van der Waals surface area contributed by atoms with Gasteiger partial charge in [-0.15, -0.1) is 20.4 Å². The van der Waals surface area contributed by atoms with Crippen LogP contribution in [0.1, 0.15) is 11.1 Å². The summed E-state index contributed by atoms with van der Waals surface area (Å²) in [4.78, 5) is 18.3. The average Bonchev–Trinajstić information content (AvgIpc) is 3.87. The number of ether oxygens (including phenoxy) is 2. The Kier molecular flexibility index (Phi) is 6.61. The third kappa shape index (κ3) is 4.81. The molecule has 16 heteroatoms. The zero-order valence-corrected chi connectivity index (χ0v) is 25.3. The zero-order valence-electron chi connectivity index (χ0n) is 23.6. The first-order valence-electron chi connectivity index (χ1n) is 13.5. The molecule has 0 spiro atoms. The van der Waals surface area contributed by atoms with E-state index in [1.807, 2.05) is 36.4 Å². The van der Waals surface area contributed by atoms with Gasteiger partial charge in [0.05, 0.1) is 37.7 Å². The van der Waals surface area contributed by atoms with E-state index in [9.17, 15) is 0 Å². The predicted molar refractivity (Wildman–Crippen MR) is 166 cm³/mol. The SMILES string of the molecule is COc1ccc(Cc2ccc(OC)c(-c3nnc4sc(-c5cnccn5)nn34)c2)cc1-c1nnc2sc(-c3cnccn3)nn12. The molecule has 220 valence electrons. The molecule has 0 fully saturated rings. The van der Waals surface area contributed by atoms with Crippen molar-refractivity contribution in [3.05, 3.63) is 84.7 Å². The third-order valence-electron chi connectivity index (χ3n) is 6.96. The van der Waals surface area contributed by atoms with E-state index in [1.165, 1.54) is 22.7 Å². The summed E-state index contributed by atoms with van der Waals surface area (Å²) < 4.78 is 14.8. The zero-order chi connectivity index (χ0) is 30.3. The number of hydrogen-bond acceptors (Lipinski definition) is 14. The Labute approximate surface area is 262 Å². The fraction of sp³-hybridized carbons (Fsp3) is 0.103. The maximum Gasteiger partial charge on any atom is 0.235 e. The van der Waals surface area contributed by atoms with Crippen LogP contribution < -0.4 is 9.47 Å². The first kappa shape index (κ1) is 26.9. The van der Waals surface area contributed by atoms with Gasteiger partial charge in [-0.25, -0.2) is 0 Å². The van der Waals surface area contributed by atoms with Crippen molar-refractivity contribution in [2.45, 2.75) is 6.42 Å². The van der Waals surface area contributed by atoms with Gasteiger partial charge in [-0.1, -0.05) is 34.8 Å². The van der Waals surface area contributed by atoms with Crippen LogP contribution in [0.5, 0.6) is 11.5 Å². The van der Waals surface area contributed by atoms with E-state index < -0.39 is 0 Å². The summed E-state index contributed by atoms with van der Waals surface area (Å²) in [6.45, 7) is 0. The number of rotatable bonds is 8. The van der Waals surface area contributed by atoms with Gasteiger partial charge in [-0.05, 0) is 41.8 Å². The summed E-state index contributed by atoms with van der Waals surface area (Å²) in [6, 6.07) is 12.0. The molecule has 8 rings (SSSR count). The molecule has 0 N–H and O–H groups in total. The van der Waals surface area contributed by atoms with Crippen LogP contribution >= 0.6 is 22.7 Å². The van der Waals surface area contributed by atoms with E-state index in [1.54, 1.807) is 60.4 Å². The van der Waals surface area contributed by atoms with Crippen LogP contribution in [0.4, 0.5) is 0 Å². The Balaban J connectivity index is 1.15.